The minimum absolute atomic E-state index is 0.165. The number of benzene rings is 1. The average molecular weight is 305 g/mol. The largest absolute Gasteiger partial charge is 0.377 e. The number of ether oxygens (including phenoxy) is 1. The Bertz CT molecular complexity index is 431. The summed E-state index contributed by atoms with van der Waals surface area (Å²) in [6, 6.07) is 10.2. The van der Waals surface area contributed by atoms with Crippen molar-refractivity contribution in [3.63, 3.8) is 0 Å². The van der Waals surface area contributed by atoms with Gasteiger partial charge >= 0.3 is 0 Å². The number of unbranched alkanes of at least 4 members (excludes halogenated alkanes) is 5. The summed E-state index contributed by atoms with van der Waals surface area (Å²) in [6.07, 6.45) is 6.88. The number of hydrogen-bond donors (Lipinski definition) is 1. The minimum atomic E-state index is -0.277. The fourth-order valence-electron chi connectivity index (χ4n) is 2.22. The first-order chi connectivity index (χ1) is 10.7. The van der Waals surface area contributed by atoms with Crippen LogP contribution in [0.15, 0.2) is 30.3 Å². The van der Waals surface area contributed by atoms with Crippen LogP contribution in [0.2, 0.25) is 0 Å². The molecule has 0 saturated carbocycles. The lowest BCUT2D eigenvalue weighted by Crippen LogP contribution is -2.27. The molecular formula is C18H27NO3. The van der Waals surface area contributed by atoms with Crippen molar-refractivity contribution in [2.75, 3.05) is 6.61 Å². The smallest absolute Gasteiger partial charge is 0.226 e. The maximum Gasteiger partial charge on any atom is 0.226 e. The highest BCUT2D eigenvalue weighted by atomic mass is 16.5. The quantitative estimate of drug-likeness (QED) is 0.636. The molecule has 0 heterocycles. The summed E-state index contributed by atoms with van der Waals surface area (Å²) in [4.78, 5) is 21.9. The number of carbonyl (C=O) groups excluding carboxylic acids is 2. The fourth-order valence-corrected chi connectivity index (χ4v) is 2.22. The maximum absolute atomic E-state index is 11.2. The van der Waals surface area contributed by atoms with Crippen LogP contribution in [0.5, 0.6) is 0 Å². The van der Waals surface area contributed by atoms with Gasteiger partial charge in [-0.15, -0.1) is 0 Å². The van der Waals surface area contributed by atoms with E-state index >= 15 is 0 Å². The predicted octanol–water partition coefficient (Wildman–Crippen LogP) is 3.60. The third kappa shape index (κ3) is 10.1. The van der Waals surface area contributed by atoms with Gasteiger partial charge in [-0.1, -0.05) is 56.0 Å². The Morgan fingerprint density at radius 1 is 0.955 bits per heavy atom. The molecule has 122 valence electrons. The zero-order valence-corrected chi connectivity index (χ0v) is 13.5. The van der Waals surface area contributed by atoms with E-state index in [9.17, 15) is 9.59 Å². The Balaban J connectivity index is 1.84. The van der Waals surface area contributed by atoms with E-state index in [0.717, 1.165) is 38.7 Å². The van der Waals surface area contributed by atoms with Crippen LogP contribution < -0.4 is 5.32 Å². The van der Waals surface area contributed by atoms with Crippen LogP contribution >= 0.6 is 0 Å². The second-order valence-electron chi connectivity index (χ2n) is 5.51. The molecule has 0 spiro atoms. The van der Waals surface area contributed by atoms with Crippen LogP contribution in [0.25, 0.3) is 0 Å². The molecule has 1 rings (SSSR count). The van der Waals surface area contributed by atoms with E-state index in [1.165, 1.54) is 18.9 Å². The normalized spacial score (nSPS) is 10.4. The molecule has 4 heteroatoms. The predicted molar refractivity (Wildman–Crippen MR) is 87.2 cm³/mol. The van der Waals surface area contributed by atoms with Gasteiger partial charge in [0.05, 0.1) is 6.61 Å². The number of nitrogens with one attached hydrogen (secondary N) is 1. The molecule has 0 aliphatic rings. The van der Waals surface area contributed by atoms with Gasteiger partial charge in [0.1, 0.15) is 0 Å². The molecule has 0 unspecified atom stereocenters. The van der Waals surface area contributed by atoms with Gasteiger partial charge in [0, 0.05) is 20.0 Å². The van der Waals surface area contributed by atoms with Crippen molar-refractivity contribution in [2.24, 2.45) is 0 Å². The van der Waals surface area contributed by atoms with Gasteiger partial charge in [-0.2, -0.15) is 0 Å². The van der Waals surface area contributed by atoms with E-state index in [-0.39, 0.29) is 11.8 Å². The maximum atomic E-state index is 11.2. The van der Waals surface area contributed by atoms with E-state index in [0.29, 0.717) is 13.0 Å². The SMILES string of the molecule is CC(=O)NC(=O)CCCCCCCCOCc1ccccc1. The zero-order valence-electron chi connectivity index (χ0n) is 13.5. The van der Waals surface area contributed by atoms with E-state index in [4.69, 9.17) is 4.74 Å². The van der Waals surface area contributed by atoms with E-state index < -0.39 is 0 Å². The summed E-state index contributed by atoms with van der Waals surface area (Å²) in [7, 11) is 0. The van der Waals surface area contributed by atoms with Gasteiger partial charge in [0.25, 0.3) is 0 Å². The molecule has 0 aromatic heterocycles. The van der Waals surface area contributed by atoms with Gasteiger partial charge in [-0.3, -0.25) is 14.9 Å². The topological polar surface area (TPSA) is 55.4 Å². The van der Waals surface area contributed by atoms with Gasteiger partial charge < -0.3 is 4.74 Å². The third-order valence-corrected chi connectivity index (χ3v) is 3.37. The lowest BCUT2D eigenvalue weighted by Gasteiger charge is -2.05. The van der Waals surface area contributed by atoms with Gasteiger partial charge in [0.15, 0.2) is 0 Å². The second-order valence-corrected chi connectivity index (χ2v) is 5.51. The molecule has 1 aromatic carbocycles. The molecule has 0 saturated heterocycles. The van der Waals surface area contributed by atoms with Crippen LogP contribution in [0.4, 0.5) is 0 Å². The summed E-state index contributed by atoms with van der Waals surface area (Å²) in [5.41, 5.74) is 1.21. The molecular weight excluding hydrogens is 278 g/mol. The molecule has 0 aliphatic carbocycles. The first kappa shape index (κ1) is 18.4. The molecule has 1 aromatic rings. The molecule has 0 aliphatic heterocycles. The van der Waals surface area contributed by atoms with Crippen molar-refractivity contribution >= 4 is 11.8 Å². The van der Waals surface area contributed by atoms with Crippen molar-refractivity contribution in [1.29, 1.82) is 0 Å². The number of carbonyl (C=O) groups is 2. The minimum Gasteiger partial charge on any atom is -0.377 e. The Kier molecular flexibility index (Phi) is 9.96. The second kappa shape index (κ2) is 11.9. The molecule has 0 bridgehead atoms. The Morgan fingerprint density at radius 3 is 2.27 bits per heavy atom. The monoisotopic (exact) mass is 305 g/mol. The summed E-state index contributed by atoms with van der Waals surface area (Å²) >= 11 is 0. The molecule has 0 atom stereocenters. The van der Waals surface area contributed by atoms with E-state index in [1.54, 1.807) is 0 Å². The van der Waals surface area contributed by atoms with Crippen LogP contribution in [0.1, 0.15) is 57.4 Å². The number of imide groups is 1. The molecule has 0 fully saturated rings. The highest BCUT2D eigenvalue weighted by molar-refractivity contribution is 5.93. The van der Waals surface area contributed by atoms with Gasteiger partial charge in [-0.05, 0) is 18.4 Å². The fraction of sp³-hybridized carbons (Fsp3) is 0.556. The summed E-state index contributed by atoms with van der Waals surface area (Å²) in [5.74, 6) is -0.442. The Labute approximate surface area is 133 Å². The van der Waals surface area contributed by atoms with Crippen molar-refractivity contribution in [3.8, 4) is 0 Å². The first-order valence-electron chi connectivity index (χ1n) is 8.10. The van der Waals surface area contributed by atoms with Gasteiger partial charge in [0.2, 0.25) is 11.8 Å². The molecule has 1 N–H and O–H groups in total. The van der Waals surface area contributed by atoms with Crippen molar-refractivity contribution in [2.45, 2.75) is 58.5 Å². The molecule has 0 radical (unpaired) electrons. The van der Waals surface area contributed by atoms with Crippen LogP contribution in [0, 0.1) is 0 Å². The van der Waals surface area contributed by atoms with Crippen LogP contribution in [-0.4, -0.2) is 18.4 Å². The standard InChI is InChI=1S/C18H27NO3/c1-16(20)19-18(21)13-9-4-2-3-5-10-14-22-15-17-11-7-6-8-12-17/h6-8,11-12H,2-5,9-10,13-15H2,1H3,(H,19,20,21). The third-order valence-electron chi connectivity index (χ3n) is 3.37. The number of rotatable bonds is 11. The van der Waals surface area contributed by atoms with Gasteiger partial charge in [-0.25, -0.2) is 0 Å². The lowest BCUT2D eigenvalue weighted by molar-refractivity contribution is -0.129. The van der Waals surface area contributed by atoms with E-state index in [1.807, 2.05) is 18.2 Å². The highest BCUT2D eigenvalue weighted by Crippen LogP contribution is 2.08. The highest BCUT2D eigenvalue weighted by Gasteiger charge is 2.02. The molecule has 2 amide bonds. The number of amides is 2. The summed E-state index contributed by atoms with van der Waals surface area (Å²) < 4.78 is 5.63. The molecule has 4 nitrogen and oxygen atoms in total. The zero-order chi connectivity index (χ0) is 16.0. The van der Waals surface area contributed by atoms with Crippen molar-refractivity contribution in [3.05, 3.63) is 35.9 Å². The Hall–Kier alpha value is -1.68. The van der Waals surface area contributed by atoms with Crippen molar-refractivity contribution < 1.29 is 14.3 Å². The Morgan fingerprint density at radius 2 is 1.59 bits per heavy atom. The first-order valence-corrected chi connectivity index (χ1v) is 8.10. The van der Waals surface area contributed by atoms with Crippen molar-refractivity contribution in [1.82, 2.24) is 5.32 Å². The summed E-state index contributed by atoms with van der Waals surface area (Å²) in [6.45, 7) is 2.85. The lowest BCUT2D eigenvalue weighted by atomic mass is 10.1. The van der Waals surface area contributed by atoms with E-state index in [2.05, 4.69) is 17.4 Å². The van der Waals surface area contributed by atoms with Crippen LogP contribution in [0.3, 0.4) is 0 Å². The molecule has 22 heavy (non-hydrogen) atoms. The summed E-state index contributed by atoms with van der Waals surface area (Å²) in [5, 5.41) is 2.29. The average Bonchev–Trinajstić information content (AvgIpc) is 2.49. The number of hydrogen-bond acceptors (Lipinski definition) is 3. The van der Waals surface area contributed by atoms with Crippen LogP contribution in [-0.2, 0) is 20.9 Å².